The zero-order chi connectivity index (χ0) is 19.5. The van der Waals surface area contributed by atoms with Crippen LogP contribution in [-0.4, -0.2) is 24.9 Å². The van der Waals surface area contributed by atoms with E-state index < -0.39 is 0 Å². The smallest absolute Gasteiger partial charge is 0.258 e. The van der Waals surface area contributed by atoms with Crippen molar-refractivity contribution >= 4 is 23.4 Å². The van der Waals surface area contributed by atoms with E-state index >= 15 is 0 Å². The van der Waals surface area contributed by atoms with Gasteiger partial charge in [0, 0.05) is 17.1 Å². The number of aromatic nitrogens is 5. The predicted molar refractivity (Wildman–Crippen MR) is 107 cm³/mol. The maximum Gasteiger partial charge on any atom is 0.258 e. The third-order valence-corrected chi connectivity index (χ3v) is 5.07. The summed E-state index contributed by atoms with van der Waals surface area (Å²) in [7, 11) is 0. The van der Waals surface area contributed by atoms with Crippen LogP contribution in [0, 0.1) is 5.92 Å². The van der Waals surface area contributed by atoms with Gasteiger partial charge in [0.15, 0.2) is 22.6 Å². The fourth-order valence-corrected chi connectivity index (χ4v) is 3.67. The van der Waals surface area contributed by atoms with E-state index in [9.17, 15) is 0 Å². The van der Waals surface area contributed by atoms with Crippen molar-refractivity contribution < 1.29 is 8.94 Å². The van der Waals surface area contributed by atoms with E-state index in [1.807, 2.05) is 24.3 Å². The highest BCUT2D eigenvalue weighted by atomic mass is 35.5. The van der Waals surface area contributed by atoms with Crippen LogP contribution in [0.2, 0.25) is 5.02 Å². The lowest BCUT2D eigenvalue weighted by molar-refractivity contribution is 0.425. The number of hydrogen-bond donors (Lipinski definition) is 0. The Bertz CT molecular complexity index is 1060. The highest BCUT2D eigenvalue weighted by Gasteiger charge is 2.18. The van der Waals surface area contributed by atoms with Crippen molar-refractivity contribution in [3.05, 3.63) is 53.5 Å². The molecule has 4 rings (SSSR count). The molecular weight excluding hydrogens is 398 g/mol. The molecule has 7 nitrogen and oxygen atoms in total. The van der Waals surface area contributed by atoms with Gasteiger partial charge in [-0.3, -0.25) is 4.57 Å². The van der Waals surface area contributed by atoms with E-state index in [1.54, 1.807) is 18.4 Å². The van der Waals surface area contributed by atoms with Gasteiger partial charge in [0.1, 0.15) is 0 Å². The summed E-state index contributed by atoms with van der Waals surface area (Å²) in [6, 6.07) is 11.0. The Morgan fingerprint density at radius 3 is 2.82 bits per heavy atom. The van der Waals surface area contributed by atoms with Crippen LogP contribution in [-0.2, 0) is 12.3 Å². The van der Waals surface area contributed by atoms with Gasteiger partial charge in [-0.2, -0.15) is 4.98 Å². The van der Waals surface area contributed by atoms with Crippen molar-refractivity contribution in [2.24, 2.45) is 5.92 Å². The Balaban J connectivity index is 1.52. The lowest BCUT2D eigenvalue weighted by atomic mass is 10.2. The zero-order valence-corrected chi connectivity index (χ0v) is 16.9. The first-order valence-corrected chi connectivity index (χ1v) is 10.1. The third kappa shape index (κ3) is 4.13. The molecule has 3 heterocycles. The molecule has 0 aliphatic carbocycles. The van der Waals surface area contributed by atoms with Gasteiger partial charge < -0.3 is 8.94 Å². The molecule has 0 N–H and O–H groups in total. The second kappa shape index (κ2) is 8.20. The molecule has 3 aromatic heterocycles. The summed E-state index contributed by atoms with van der Waals surface area (Å²) in [5, 5.41) is 14.1. The van der Waals surface area contributed by atoms with E-state index in [0.717, 1.165) is 17.3 Å². The fraction of sp³-hybridized carbons (Fsp3) is 0.263. The molecule has 0 atom stereocenters. The monoisotopic (exact) mass is 415 g/mol. The summed E-state index contributed by atoms with van der Waals surface area (Å²) >= 11 is 7.54. The molecule has 0 amide bonds. The van der Waals surface area contributed by atoms with Crippen LogP contribution in [0.1, 0.15) is 19.7 Å². The first kappa shape index (κ1) is 18.8. The van der Waals surface area contributed by atoms with E-state index in [4.69, 9.17) is 20.5 Å². The van der Waals surface area contributed by atoms with E-state index in [0.29, 0.717) is 40.0 Å². The second-order valence-electron chi connectivity index (χ2n) is 6.60. The molecule has 0 radical (unpaired) electrons. The number of thioether (sulfide) groups is 1. The Labute approximate surface area is 171 Å². The number of benzene rings is 1. The average molecular weight is 416 g/mol. The van der Waals surface area contributed by atoms with Crippen LogP contribution < -0.4 is 0 Å². The second-order valence-corrected chi connectivity index (χ2v) is 7.98. The summed E-state index contributed by atoms with van der Waals surface area (Å²) in [6.45, 7) is 5.08. The maximum atomic E-state index is 6.03. The number of rotatable bonds is 7. The third-order valence-electron chi connectivity index (χ3n) is 3.88. The lowest BCUT2D eigenvalue weighted by Crippen LogP contribution is -2.07. The minimum Gasteiger partial charge on any atom is -0.461 e. The first-order valence-electron chi connectivity index (χ1n) is 8.78. The predicted octanol–water partition coefficient (Wildman–Crippen LogP) is 5.19. The Morgan fingerprint density at radius 2 is 2.07 bits per heavy atom. The molecule has 1 aromatic carbocycles. The van der Waals surface area contributed by atoms with Crippen LogP contribution in [0.15, 0.2) is 56.8 Å². The number of halogens is 1. The Kier molecular flexibility index (Phi) is 5.50. The van der Waals surface area contributed by atoms with Gasteiger partial charge >= 0.3 is 0 Å². The quantitative estimate of drug-likeness (QED) is 0.384. The normalized spacial score (nSPS) is 11.4. The molecule has 4 aromatic rings. The molecule has 0 aliphatic rings. The van der Waals surface area contributed by atoms with E-state index in [1.165, 1.54) is 11.8 Å². The summed E-state index contributed by atoms with van der Waals surface area (Å²) in [4.78, 5) is 4.45. The minimum absolute atomic E-state index is 0.434. The Morgan fingerprint density at radius 1 is 1.18 bits per heavy atom. The molecule has 0 unspecified atom stereocenters. The molecule has 0 fully saturated rings. The van der Waals surface area contributed by atoms with E-state index in [2.05, 4.69) is 38.8 Å². The van der Waals surface area contributed by atoms with Crippen molar-refractivity contribution in [2.75, 3.05) is 0 Å². The molecule has 0 spiro atoms. The van der Waals surface area contributed by atoms with Crippen molar-refractivity contribution in [3.63, 3.8) is 0 Å². The largest absolute Gasteiger partial charge is 0.461 e. The summed E-state index contributed by atoms with van der Waals surface area (Å²) < 4.78 is 12.9. The summed E-state index contributed by atoms with van der Waals surface area (Å²) in [6.07, 6.45) is 1.63. The van der Waals surface area contributed by atoms with Gasteiger partial charge in [0.05, 0.1) is 12.0 Å². The SMILES string of the molecule is CC(C)Cn1c(SCc2noc(-c3cccc(Cl)c3)n2)nnc1-c1ccco1. The first-order chi connectivity index (χ1) is 13.6. The molecule has 0 saturated heterocycles. The van der Waals surface area contributed by atoms with Crippen LogP contribution in [0.5, 0.6) is 0 Å². The van der Waals surface area contributed by atoms with Crippen LogP contribution in [0.4, 0.5) is 0 Å². The molecule has 0 bridgehead atoms. The maximum absolute atomic E-state index is 6.03. The van der Waals surface area contributed by atoms with Crippen LogP contribution in [0.3, 0.4) is 0 Å². The Hall–Kier alpha value is -2.58. The lowest BCUT2D eigenvalue weighted by Gasteiger charge is -2.10. The highest BCUT2D eigenvalue weighted by molar-refractivity contribution is 7.98. The van der Waals surface area contributed by atoms with Crippen molar-refractivity contribution in [2.45, 2.75) is 31.3 Å². The van der Waals surface area contributed by atoms with Crippen molar-refractivity contribution in [1.29, 1.82) is 0 Å². The number of furan rings is 1. The van der Waals surface area contributed by atoms with Gasteiger partial charge in [-0.05, 0) is 36.2 Å². The molecule has 28 heavy (non-hydrogen) atoms. The van der Waals surface area contributed by atoms with Gasteiger partial charge in [0.2, 0.25) is 0 Å². The van der Waals surface area contributed by atoms with Gasteiger partial charge in [-0.15, -0.1) is 10.2 Å². The molecule has 144 valence electrons. The number of nitrogens with zero attached hydrogens (tertiary/aromatic N) is 5. The van der Waals surface area contributed by atoms with Crippen LogP contribution >= 0.6 is 23.4 Å². The standard InChI is InChI=1S/C19H18ClN5O2S/c1-12(2)10-25-17(15-7-4-8-26-15)22-23-19(25)28-11-16-21-18(27-24-16)13-5-3-6-14(20)9-13/h3-9,12H,10-11H2,1-2H3. The summed E-state index contributed by atoms with van der Waals surface area (Å²) in [5.41, 5.74) is 0.791. The zero-order valence-electron chi connectivity index (χ0n) is 15.4. The molecule has 0 aliphatic heterocycles. The van der Waals surface area contributed by atoms with Gasteiger partial charge in [-0.1, -0.05) is 48.4 Å². The molecule has 0 saturated carbocycles. The van der Waals surface area contributed by atoms with Crippen molar-refractivity contribution in [1.82, 2.24) is 24.9 Å². The fourth-order valence-electron chi connectivity index (χ4n) is 2.69. The molecular formula is C19H18ClN5O2S. The van der Waals surface area contributed by atoms with Gasteiger partial charge in [-0.25, -0.2) is 0 Å². The van der Waals surface area contributed by atoms with Crippen LogP contribution in [0.25, 0.3) is 23.0 Å². The molecule has 9 heteroatoms. The van der Waals surface area contributed by atoms with E-state index in [-0.39, 0.29) is 0 Å². The topological polar surface area (TPSA) is 82.8 Å². The van der Waals surface area contributed by atoms with Gasteiger partial charge in [0.25, 0.3) is 5.89 Å². The number of hydrogen-bond acceptors (Lipinski definition) is 7. The summed E-state index contributed by atoms with van der Waals surface area (Å²) in [5.74, 6) is 3.38. The van der Waals surface area contributed by atoms with Crippen molar-refractivity contribution in [3.8, 4) is 23.0 Å². The highest BCUT2D eigenvalue weighted by Crippen LogP contribution is 2.28. The minimum atomic E-state index is 0.434. The average Bonchev–Trinajstić information content (AvgIpc) is 3.41.